The van der Waals surface area contributed by atoms with E-state index in [0.717, 1.165) is 12.3 Å². The van der Waals surface area contributed by atoms with Crippen molar-refractivity contribution in [2.75, 3.05) is 5.32 Å². The van der Waals surface area contributed by atoms with Gasteiger partial charge in [-0.1, -0.05) is 6.92 Å². The van der Waals surface area contributed by atoms with Crippen LogP contribution in [-0.2, 0) is 14.8 Å². The Morgan fingerprint density at radius 2 is 1.87 bits per heavy atom. The molecule has 0 bridgehead atoms. The van der Waals surface area contributed by atoms with Crippen LogP contribution in [0.1, 0.15) is 45.4 Å². The number of amides is 1. The van der Waals surface area contributed by atoms with Crippen LogP contribution in [0.2, 0.25) is 0 Å². The topological polar surface area (TPSA) is 102 Å². The predicted molar refractivity (Wildman–Crippen MR) is 101 cm³/mol. The smallest absolute Gasteiger partial charge is 0.255 e. The number of hydrogen-bond donors (Lipinski definition) is 2. The number of carbonyl (C=O) groups is 1. The third kappa shape index (κ3) is 5.11. The van der Waals surface area contributed by atoms with E-state index in [-0.39, 0.29) is 43.7 Å². The quantitative estimate of drug-likeness (QED) is 0.680. The van der Waals surface area contributed by atoms with Crippen LogP contribution in [0.15, 0.2) is 23.4 Å². The first-order chi connectivity index (χ1) is 13.8. The molecule has 3 atom stereocenters. The minimum Gasteiger partial charge on any atom is -0.326 e. The molecule has 2 fully saturated rings. The predicted octanol–water partition coefficient (Wildman–Crippen LogP) is 3.79. The molecule has 0 aromatic carbocycles. The van der Waals surface area contributed by atoms with Crippen LogP contribution in [0.4, 0.5) is 23.2 Å². The zero-order valence-corrected chi connectivity index (χ0v) is 17.3. The zero-order valence-electron chi connectivity index (χ0n) is 16.5. The molecule has 3 rings (SSSR count). The van der Waals surface area contributed by atoms with Crippen molar-refractivity contribution < 1.29 is 30.8 Å². The summed E-state index contributed by atoms with van der Waals surface area (Å²) in [6.45, 7) is 1.42. The Morgan fingerprint density at radius 1 is 1.23 bits per heavy atom. The molecule has 11 heteroatoms. The Morgan fingerprint density at radius 3 is 2.47 bits per heavy atom. The van der Waals surface area contributed by atoms with Gasteiger partial charge in [-0.15, -0.1) is 0 Å². The molecule has 1 aromatic rings. The van der Waals surface area contributed by atoms with Gasteiger partial charge in [0.25, 0.3) is 15.9 Å². The van der Waals surface area contributed by atoms with Gasteiger partial charge in [-0.05, 0) is 37.2 Å². The molecule has 2 aliphatic rings. The van der Waals surface area contributed by atoms with E-state index in [1.54, 1.807) is 0 Å². The van der Waals surface area contributed by atoms with Crippen molar-refractivity contribution in [2.24, 2.45) is 28.8 Å². The average molecular weight is 451 g/mol. The van der Waals surface area contributed by atoms with Crippen LogP contribution >= 0.6 is 0 Å². The lowest BCUT2D eigenvalue weighted by molar-refractivity contribution is -0.148. The number of anilines is 1. The van der Waals surface area contributed by atoms with Gasteiger partial charge in [-0.3, -0.25) is 4.79 Å². The molecule has 0 unspecified atom stereocenters. The molecule has 0 radical (unpaired) electrons. The van der Waals surface area contributed by atoms with E-state index in [0.29, 0.717) is 0 Å². The Hall–Kier alpha value is -1.75. The van der Waals surface area contributed by atoms with Gasteiger partial charge in [0.05, 0.1) is 0 Å². The standard InChI is InChI=1S/C19H25F4N3O3S/c1-11-8-14(12-2-5-18(20,21)6-3-12)15(10-19(11,22)23)17(27)26-13-4-7-25-16(9-13)30(24,28)29/h4,7,9,11-12,14-15H,2-3,5-6,8,10H2,1H3,(H2,24,28,29)(H,25,26,27)/t11-,14-,15+/m1/s1. The van der Waals surface area contributed by atoms with Gasteiger partial charge in [-0.25, -0.2) is 36.1 Å². The molecule has 1 aromatic heterocycles. The van der Waals surface area contributed by atoms with E-state index < -0.39 is 57.0 Å². The summed E-state index contributed by atoms with van der Waals surface area (Å²) < 4.78 is 78.9. The maximum Gasteiger partial charge on any atom is 0.255 e. The fraction of sp³-hybridized carbons (Fsp3) is 0.684. The van der Waals surface area contributed by atoms with E-state index in [1.165, 1.54) is 13.0 Å². The van der Waals surface area contributed by atoms with Gasteiger partial charge in [0, 0.05) is 49.0 Å². The molecule has 3 N–H and O–H groups in total. The lowest BCUT2D eigenvalue weighted by atomic mass is 9.63. The Balaban J connectivity index is 1.81. The summed E-state index contributed by atoms with van der Waals surface area (Å²) in [5.74, 6) is -9.20. The maximum absolute atomic E-state index is 14.4. The van der Waals surface area contributed by atoms with Crippen molar-refractivity contribution in [3.05, 3.63) is 18.3 Å². The van der Waals surface area contributed by atoms with Crippen LogP contribution in [-0.4, -0.2) is 31.2 Å². The maximum atomic E-state index is 14.4. The van der Waals surface area contributed by atoms with Crippen LogP contribution in [0, 0.1) is 23.7 Å². The number of nitrogens with zero attached hydrogens (tertiary/aromatic N) is 1. The van der Waals surface area contributed by atoms with Crippen molar-refractivity contribution in [1.29, 1.82) is 0 Å². The number of alkyl halides is 4. The fourth-order valence-electron chi connectivity index (χ4n) is 4.57. The monoisotopic (exact) mass is 451 g/mol. The number of sulfonamides is 1. The van der Waals surface area contributed by atoms with Crippen molar-refractivity contribution in [3.63, 3.8) is 0 Å². The minimum absolute atomic E-state index is 0.0647. The molecule has 30 heavy (non-hydrogen) atoms. The Kier molecular flexibility index (Phi) is 6.16. The number of pyridine rings is 1. The molecule has 0 aliphatic heterocycles. The van der Waals surface area contributed by atoms with Crippen LogP contribution in [0.5, 0.6) is 0 Å². The number of halogens is 4. The molecule has 1 amide bonds. The summed E-state index contributed by atoms with van der Waals surface area (Å²) >= 11 is 0. The van der Waals surface area contributed by atoms with Crippen LogP contribution in [0.3, 0.4) is 0 Å². The highest BCUT2D eigenvalue weighted by molar-refractivity contribution is 7.89. The van der Waals surface area contributed by atoms with E-state index >= 15 is 0 Å². The third-order valence-corrected chi connectivity index (χ3v) is 7.16. The minimum atomic E-state index is -4.10. The number of primary sulfonamides is 1. The van der Waals surface area contributed by atoms with Crippen molar-refractivity contribution >= 4 is 21.6 Å². The SMILES string of the molecule is C[C@@H]1C[C@H](C2CCC(F)(F)CC2)[C@@H](C(=O)Nc2ccnc(S(N)(=O)=O)c2)CC1(F)F. The summed E-state index contributed by atoms with van der Waals surface area (Å²) in [7, 11) is -4.10. The first kappa shape index (κ1) is 22.9. The second kappa shape index (κ2) is 8.07. The summed E-state index contributed by atoms with van der Waals surface area (Å²) in [6, 6.07) is 2.37. The highest BCUT2D eigenvalue weighted by atomic mass is 32.2. The first-order valence-corrected chi connectivity index (χ1v) is 11.4. The number of nitrogens with two attached hydrogens (primary N) is 1. The fourth-order valence-corrected chi connectivity index (χ4v) is 5.07. The number of aromatic nitrogens is 1. The summed E-state index contributed by atoms with van der Waals surface area (Å²) in [5, 5.41) is 7.05. The zero-order chi connectivity index (χ0) is 22.3. The number of nitrogens with one attached hydrogen (secondary N) is 1. The van der Waals surface area contributed by atoms with E-state index in [2.05, 4.69) is 10.3 Å². The second-order valence-electron chi connectivity index (χ2n) is 8.48. The molecule has 168 valence electrons. The summed E-state index contributed by atoms with van der Waals surface area (Å²) in [6.07, 6.45) is 0.276. The molecular formula is C19H25F4N3O3S. The van der Waals surface area contributed by atoms with Gasteiger partial charge >= 0.3 is 0 Å². The summed E-state index contributed by atoms with van der Waals surface area (Å²) in [5.41, 5.74) is 0.0647. The third-order valence-electron chi connectivity index (χ3n) is 6.35. The highest BCUT2D eigenvalue weighted by Crippen LogP contribution is 2.51. The van der Waals surface area contributed by atoms with Gasteiger partial charge < -0.3 is 5.32 Å². The largest absolute Gasteiger partial charge is 0.326 e. The van der Waals surface area contributed by atoms with Gasteiger partial charge in [0.2, 0.25) is 11.8 Å². The average Bonchev–Trinajstić information content (AvgIpc) is 2.63. The lowest BCUT2D eigenvalue weighted by Crippen LogP contribution is -2.47. The van der Waals surface area contributed by atoms with Crippen LogP contribution in [0.25, 0.3) is 0 Å². The Bertz CT molecular complexity index is 900. The van der Waals surface area contributed by atoms with Crippen LogP contribution < -0.4 is 10.5 Å². The molecule has 2 aliphatic carbocycles. The number of hydrogen-bond acceptors (Lipinski definition) is 4. The van der Waals surface area contributed by atoms with E-state index in [1.807, 2.05) is 0 Å². The second-order valence-corrected chi connectivity index (χ2v) is 9.99. The summed E-state index contributed by atoms with van der Waals surface area (Å²) in [4.78, 5) is 16.5. The molecular weight excluding hydrogens is 426 g/mol. The molecule has 1 heterocycles. The molecule has 2 saturated carbocycles. The molecule has 0 spiro atoms. The normalized spacial score (nSPS) is 29.3. The number of carbonyl (C=O) groups excluding carboxylic acids is 1. The van der Waals surface area contributed by atoms with Gasteiger partial charge in [-0.2, -0.15) is 0 Å². The first-order valence-electron chi connectivity index (χ1n) is 9.84. The van der Waals surface area contributed by atoms with Crippen molar-refractivity contribution in [3.8, 4) is 0 Å². The van der Waals surface area contributed by atoms with Crippen molar-refractivity contribution in [1.82, 2.24) is 4.98 Å². The number of rotatable bonds is 4. The van der Waals surface area contributed by atoms with E-state index in [9.17, 15) is 30.8 Å². The lowest BCUT2D eigenvalue weighted by Gasteiger charge is -2.44. The van der Waals surface area contributed by atoms with Gasteiger partial charge in [0.1, 0.15) is 0 Å². The molecule has 0 saturated heterocycles. The van der Waals surface area contributed by atoms with Crippen molar-refractivity contribution in [2.45, 2.75) is 62.3 Å². The highest BCUT2D eigenvalue weighted by Gasteiger charge is 2.52. The van der Waals surface area contributed by atoms with E-state index in [4.69, 9.17) is 5.14 Å². The molecule has 6 nitrogen and oxygen atoms in total. The van der Waals surface area contributed by atoms with Gasteiger partial charge in [0.15, 0.2) is 5.03 Å². The Labute approximate surface area is 172 Å².